The molecule has 0 aromatic heterocycles. The molecule has 0 saturated carbocycles. The highest BCUT2D eigenvalue weighted by Crippen LogP contribution is 2.13. The van der Waals surface area contributed by atoms with Gasteiger partial charge in [0.25, 0.3) is 0 Å². The van der Waals surface area contributed by atoms with E-state index in [1.54, 1.807) is 12.1 Å². The van der Waals surface area contributed by atoms with E-state index in [0.29, 0.717) is 5.56 Å². The van der Waals surface area contributed by atoms with Crippen molar-refractivity contribution in [1.29, 1.82) is 0 Å². The SMILES string of the molecule is CCCCCc1ccc(C#Cc2ccc(C#Cc3ccc(C)cc3)cc2)c(F)c1. The first-order valence-electron chi connectivity index (χ1n) is 10.1. The van der Waals surface area contributed by atoms with Crippen LogP contribution in [0.25, 0.3) is 0 Å². The van der Waals surface area contributed by atoms with Crippen molar-refractivity contribution in [2.75, 3.05) is 0 Å². The van der Waals surface area contributed by atoms with Crippen molar-refractivity contribution in [2.45, 2.75) is 39.5 Å². The van der Waals surface area contributed by atoms with Crippen molar-refractivity contribution < 1.29 is 4.39 Å². The Hall–Kier alpha value is -3.29. The van der Waals surface area contributed by atoms with Crippen LogP contribution in [-0.2, 0) is 6.42 Å². The summed E-state index contributed by atoms with van der Waals surface area (Å²) in [7, 11) is 0. The largest absolute Gasteiger partial charge is 0.206 e. The Labute approximate surface area is 173 Å². The van der Waals surface area contributed by atoms with Gasteiger partial charge in [-0.2, -0.15) is 0 Å². The summed E-state index contributed by atoms with van der Waals surface area (Å²) >= 11 is 0. The van der Waals surface area contributed by atoms with E-state index in [1.807, 2.05) is 42.5 Å². The highest BCUT2D eigenvalue weighted by Gasteiger charge is 2.01. The van der Waals surface area contributed by atoms with Gasteiger partial charge in [0.2, 0.25) is 0 Å². The molecule has 3 aromatic carbocycles. The van der Waals surface area contributed by atoms with Gasteiger partial charge in [0, 0.05) is 16.7 Å². The van der Waals surface area contributed by atoms with E-state index in [1.165, 1.54) is 18.4 Å². The molecule has 0 heterocycles. The lowest BCUT2D eigenvalue weighted by molar-refractivity contribution is 0.619. The fourth-order valence-corrected chi connectivity index (χ4v) is 2.95. The molecular weight excluding hydrogens is 355 g/mol. The Balaban J connectivity index is 1.66. The molecule has 29 heavy (non-hydrogen) atoms. The summed E-state index contributed by atoms with van der Waals surface area (Å²) in [6, 6.07) is 21.3. The van der Waals surface area contributed by atoms with Crippen LogP contribution in [0.4, 0.5) is 4.39 Å². The predicted molar refractivity (Wildman–Crippen MR) is 119 cm³/mol. The van der Waals surface area contributed by atoms with E-state index in [9.17, 15) is 4.39 Å². The molecule has 0 bridgehead atoms. The molecule has 144 valence electrons. The van der Waals surface area contributed by atoms with E-state index in [0.717, 1.165) is 35.1 Å². The van der Waals surface area contributed by atoms with Crippen molar-refractivity contribution in [2.24, 2.45) is 0 Å². The number of aryl methyl sites for hydroxylation is 2. The van der Waals surface area contributed by atoms with Crippen LogP contribution in [0.15, 0.2) is 66.7 Å². The summed E-state index contributed by atoms with van der Waals surface area (Å²) in [6.45, 7) is 4.23. The standard InChI is InChI=1S/C28H25F/c1-3-4-5-6-26-18-20-27(28(29)21-26)19-17-25-15-13-24(14-16-25)12-11-23-9-7-22(2)8-10-23/h7-10,13-16,18,20-21H,3-6H2,1-2H3. The Bertz CT molecular complexity index is 1070. The Kier molecular flexibility index (Phi) is 7.27. The zero-order chi connectivity index (χ0) is 20.5. The van der Waals surface area contributed by atoms with Crippen LogP contribution in [0.1, 0.15) is 59.6 Å². The molecule has 3 rings (SSSR count). The normalized spacial score (nSPS) is 9.90. The molecule has 3 aromatic rings. The summed E-state index contributed by atoms with van der Waals surface area (Å²) in [4.78, 5) is 0. The zero-order valence-electron chi connectivity index (χ0n) is 17.1. The molecule has 0 saturated heterocycles. The third-order valence-corrected chi connectivity index (χ3v) is 4.73. The number of rotatable bonds is 4. The predicted octanol–water partition coefficient (Wildman–Crippen LogP) is 6.67. The summed E-state index contributed by atoms with van der Waals surface area (Å²) < 4.78 is 14.3. The third kappa shape index (κ3) is 6.38. The highest BCUT2D eigenvalue weighted by atomic mass is 19.1. The molecule has 0 unspecified atom stereocenters. The molecule has 0 radical (unpaired) electrons. The molecule has 0 N–H and O–H groups in total. The Morgan fingerprint density at radius 3 is 1.79 bits per heavy atom. The number of hydrogen-bond acceptors (Lipinski definition) is 0. The maximum absolute atomic E-state index is 14.3. The van der Waals surface area contributed by atoms with E-state index >= 15 is 0 Å². The first-order chi connectivity index (χ1) is 14.1. The molecule has 0 spiro atoms. The quantitative estimate of drug-likeness (QED) is 0.350. The number of unbranched alkanes of at least 4 members (excludes halogenated alkanes) is 2. The van der Waals surface area contributed by atoms with Gasteiger partial charge in [-0.25, -0.2) is 4.39 Å². The monoisotopic (exact) mass is 380 g/mol. The maximum atomic E-state index is 14.3. The van der Waals surface area contributed by atoms with Crippen molar-refractivity contribution in [1.82, 2.24) is 0 Å². The van der Waals surface area contributed by atoms with Crippen molar-refractivity contribution in [3.05, 3.63) is 106 Å². The molecule has 0 aliphatic rings. The van der Waals surface area contributed by atoms with Crippen molar-refractivity contribution >= 4 is 0 Å². The fraction of sp³-hybridized carbons (Fsp3) is 0.214. The lowest BCUT2D eigenvalue weighted by Crippen LogP contribution is -1.90. The van der Waals surface area contributed by atoms with Crippen LogP contribution in [0.2, 0.25) is 0 Å². The first-order valence-corrected chi connectivity index (χ1v) is 10.1. The Morgan fingerprint density at radius 1 is 0.690 bits per heavy atom. The average molecular weight is 381 g/mol. The van der Waals surface area contributed by atoms with Crippen LogP contribution >= 0.6 is 0 Å². The molecule has 0 amide bonds. The second-order valence-electron chi connectivity index (χ2n) is 7.21. The van der Waals surface area contributed by atoms with Crippen LogP contribution in [0, 0.1) is 36.4 Å². The first kappa shape index (κ1) is 20.4. The van der Waals surface area contributed by atoms with Gasteiger partial charge in [0.15, 0.2) is 0 Å². The number of hydrogen-bond donors (Lipinski definition) is 0. The van der Waals surface area contributed by atoms with Gasteiger partial charge >= 0.3 is 0 Å². The molecule has 0 aliphatic heterocycles. The second-order valence-corrected chi connectivity index (χ2v) is 7.21. The fourth-order valence-electron chi connectivity index (χ4n) is 2.95. The summed E-state index contributed by atoms with van der Waals surface area (Å²) in [5, 5.41) is 0. The van der Waals surface area contributed by atoms with Gasteiger partial charge in [-0.05, 0) is 73.9 Å². The van der Waals surface area contributed by atoms with Crippen LogP contribution < -0.4 is 0 Å². The van der Waals surface area contributed by atoms with Gasteiger partial charge < -0.3 is 0 Å². The topological polar surface area (TPSA) is 0 Å². The minimum absolute atomic E-state index is 0.243. The van der Waals surface area contributed by atoms with Crippen molar-refractivity contribution in [3.63, 3.8) is 0 Å². The maximum Gasteiger partial charge on any atom is 0.139 e. The van der Waals surface area contributed by atoms with Crippen LogP contribution in [0.3, 0.4) is 0 Å². The van der Waals surface area contributed by atoms with Crippen LogP contribution in [-0.4, -0.2) is 0 Å². The lowest BCUT2D eigenvalue weighted by atomic mass is 10.0. The van der Waals surface area contributed by atoms with E-state index in [2.05, 4.69) is 49.7 Å². The third-order valence-electron chi connectivity index (χ3n) is 4.73. The van der Waals surface area contributed by atoms with Gasteiger partial charge in [-0.1, -0.05) is 67.2 Å². The molecule has 1 heteroatoms. The molecule has 0 fully saturated rings. The number of halogens is 1. The summed E-state index contributed by atoms with van der Waals surface area (Å²) in [5.41, 5.74) is 5.47. The molecule has 0 nitrogen and oxygen atoms in total. The molecule has 0 atom stereocenters. The van der Waals surface area contributed by atoms with Crippen molar-refractivity contribution in [3.8, 4) is 23.7 Å². The lowest BCUT2D eigenvalue weighted by Gasteiger charge is -2.02. The number of benzene rings is 3. The second kappa shape index (κ2) is 10.3. The summed E-state index contributed by atoms with van der Waals surface area (Å²) in [5.74, 6) is 12.1. The Morgan fingerprint density at radius 2 is 1.24 bits per heavy atom. The minimum Gasteiger partial charge on any atom is -0.206 e. The van der Waals surface area contributed by atoms with E-state index in [4.69, 9.17) is 0 Å². The molecular formula is C28H25F. The average Bonchev–Trinajstić information content (AvgIpc) is 2.74. The van der Waals surface area contributed by atoms with Gasteiger partial charge in [0.1, 0.15) is 5.82 Å². The van der Waals surface area contributed by atoms with Gasteiger partial charge in [0.05, 0.1) is 5.56 Å². The van der Waals surface area contributed by atoms with E-state index in [-0.39, 0.29) is 5.82 Å². The van der Waals surface area contributed by atoms with Gasteiger partial charge in [-0.3, -0.25) is 0 Å². The van der Waals surface area contributed by atoms with E-state index < -0.39 is 0 Å². The highest BCUT2D eigenvalue weighted by molar-refractivity contribution is 5.48. The molecule has 0 aliphatic carbocycles. The smallest absolute Gasteiger partial charge is 0.139 e. The minimum atomic E-state index is -0.243. The van der Waals surface area contributed by atoms with Gasteiger partial charge in [-0.15, -0.1) is 0 Å². The summed E-state index contributed by atoms with van der Waals surface area (Å²) in [6.07, 6.45) is 4.36. The zero-order valence-corrected chi connectivity index (χ0v) is 17.1. The van der Waals surface area contributed by atoms with Crippen LogP contribution in [0.5, 0.6) is 0 Å².